The third-order valence-corrected chi connectivity index (χ3v) is 2.67. The zero-order valence-electron chi connectivity index (χ0n) is 10.9. The van der Waals surface area contributed by atoms with Gasteiger partial charge in [-0.2, -0.15) is 0 Å². The molecule has 2 unspecified atom stereocenters. The van der Waals surface area contributed by atoms with E-state index in [1.54, 1.807) is 0 Å². The van der Waals surface area contributed by atoms with Crippen LogP contribution in [-0.2, 0) is 0 Å². The van der Waals surface area contributed by atoms with Crippen LogP contribution in [0.2, 0.25) is 0 Å². The second kappa shape index (κ2) is 7.30. The molecule has 0 aromatic heterocycles. The van der Waals surface area contributed by atoms with Crippen molar-refractivity contribution < 1.29 is 9.84 Å². The van der Waals surface area contributed by atoms with Crippen LogP contribution >= 0.6 is 0 Å². The van der Waals surface area contributed by atoms with Gasteiger partial charge in [0.1, 0.15) is 11.9 Å². The van der Waals surface area contributed by atoms with E-state index in [0.29, 0.717) is 0 Å². The smallest absolute Gasteiger partial charge is 0.124 e. The summed E-state index contributed by atoms with van der Waals surface area (Å²) < 4.78 is 5.71. The summed E-state index contributed by atoms with van der Waals surface area (Å²) in [5.74, 6) is 0.852. The first kappa shape index (κ1) is 14.0. The zero-order chi connectivity index (χ0) is 12.7. The summed E-state index contributed by atoms with van der Waals surface area (Å²) in [7, 11) is 0. The van der Waals surface area contributed by atoms with Gasteiger partial charge in [0.25, 0.3) is 0 Å². The highest BCUT2D eigenvalue weighted by Crippen LogP contribution is 2.25. The number of rotatable bonds is 7. The summed E-state index contributed by atoms with van der Waals surface area (Å²) in [6.45, 7) is 7.16. The number of ether oxygens (including phenoxy) is 1. The van der Waals surface area contributed by atoms with Crippen molar-refractivity contribution >= 4 is 0 Å². The van der Waals surface area contributed by atoms with E-state index >= 15 is 0 Å². The Kier molecular flexibility index (Phi) is 6.01. The van der Waals surface area contributed by atoms with Crippen molar-refractivity contribution in [3.05, 3.63) is 29.8 Å². The molecule has 1 rings (SSSR count). The predicted octanol–water partition coefficient (Wildman–Crippen LogP) is 2.51. The molecular formula is C14H23NO2. The predicted molar refractivity (Wildman–Crippen MR) is 70.3 cm³/mol. The highest BCUT2D eigenvalue weighted by Gasteiger charge is 2.12. The lowest BCUT2D eigenvalue weighted by molar-refractivity contribution is 0.128. The van der Waals surface area contributed by atoms with E-state index < -0.39 is 0 Å². The number of para-hydroxylation sites is 1. The molecule has 0 aliphatic rings. The maximum Gasteiger partial charge on any atom is 0.124 e. The molecule has 0 fully saturated rings. The van der Waals surface area contributed by atoms with Gasteiger partial charge < -0.3 is 15.2 Å². The third kappa shape index (κ3) is 4.36. The average molecular weight is 237 g/mol. The summed E-state index contributed by atoms with van der Waals surface area (Å²) in [5.41, 5.74) is 1.14. The van der Waals surface area contributed by atoms with Crippen molar-refractivity contribution in [1.82, 2.24) is 5.32 Å². The topological polar surface area (TPSA) is 41.5 Å². The first-order valence-corrected chi connectivity index (χ1v) is 6.28. The van der Waals surface area contributed by atoms with Crippen molar-refractivity contribution in [3.63, 3.8) is 0 Å². The molecule has 0 amide bonds. The molecule has 96 valence electrons. The maximum atomic E-state index is 9.03. The summed E-state index contributed by atoms with van der Waals surface area (Å²) >= 11 is 0. The molecule has 0 spiro atoms. The van der Waals surface area contributed by atoms with Crippen LogP contribution in [0, 0.1) is 0 Å². The number of hydrogen-bond acceptors (Lipinski definition) is 3. The standard InChI is InChI=1S/C14H23NO2/c1-4-9-15-12(3)13-7-5-6-8-14(13)17-11(2)10-16/h5-8,11-12,15-16H,4,9-10H2,1-3H3. The van der Waals surface area contributed by atoms with Gasteiger partial charge >= 0.3 is 0 Å². The van der Waals surface area contributed by atoms with Crippen LogP contribution in [0.1, 0.15) is 38.8 Å². The fourth-order valence-electron chi connectivity index (χ4n) is 1.67. The van der Waals surface area contributed by atoms with E-state index in [1.807, 2.05) is 25.1 Å². The van der Waals surface area contributed by atoms with Crippen LogP contribution in [0.4, 0.5) is 0 Å². The van der Waals surface area contributed by atoms with Gasteiger partial charge in [-0.1, -0.05) is 25.1 Å². The Morgan fingerprint density at radius 2 is 2.00 bits per heavy atom. The molecule has 3 nitrogen and oxygen atoms in total. The summed E-state index contributed by atoms with van der Waals surface area (Å²) in [6, 6.07) is 8.24. The van der Waals surface area contributed by atoms with Crippen molar-refractivity contribution in [1.29, 1.82) is 0 Å². The Labute approximate surface area is 104 Å². The molecule has 0 aliphatic carbocycles. The van der Waals surface area contributed by atoms with Crippen LogP contribution in [0.5, 0.6) is 5.75 Å². The molecule has 0 aliphatic heterocycles. The lowest BCUT2D eigenvalue weighted by atomic mass is 10.1. The average Bonchev–Trinajstić information content (AvgIpc) is 2.36. The molecule has 1 aromatic rings. The van der Waals surface area contributed by atoms with Crippen molar-refractivity contribution in [2.24, 2.45) is 0 Å². The van der Waals surface area contributed by atoms with Crippen LogP contribution in [-0.4, -0.2) is 24.4 Å². The van der Waals surface area contributed by atoms with E-state index in [-0.39, 0.29) is 18.8 Å². The fraction of sp³-hybridized carbons (Fsp3) is 0.571. The Bertz CT molecular complexity index is 328. The molecule has 0 saturated heterocycles. The van der Waals surface area contributed by atoms with Crippen LogP contribution < -0.4 is 10.1 Å². The molecule has 17 heavy (non-hydrogen) atoms. The third-order valence-electron chi connectivity index (χ3n) is 2.67. The lowest BCUT2D eigenvalue weighted by Crippen LogP contribution is -2.22. The van der Waals surface area contributed by atoms with Crippen LogP contribution in [0.15, 0.2) is 24.3 Å². The summed E-state index contributed by atoms with van der Waals surface area (Å²) in [5, 5.41) is 12.5. The van der Waals surface area contributed by atoms with Gasteiger partial charge in [-0.15, -0.1) is 0 Å². The van der Waals surface area contributed by atoms with E-state index in [4.69, 9.17) is 9.84 Å². The van der Waals surface area contributed by atoms with Gasteiger partial charge in [-0.05, 0) is 32.9 Å². The highest BCUT2D eigenvalue weighted by atomic mass is 16.5. The first-order valence-electron chi connectivity index (χ1n) is 6.28. The Balaban J connectivity index is 2.76. The van der Waals surface area contributed by atoms with Crippen molar-refractivity contribution in [2.45, 2.75) is 39.3 Å². The quantitative estimate of drug-likeness (QED) is 0.765. The number of nitrogens with one attached hydrogen (secondary N) is 1. The molecule has 1 aromatic carbocycles. The minimum absolute atomic E-state index is 0.0328. The van der Waals surface area contributed by atoms with E-state index in [0.717, 1.165) is 24.3 Å². The zero-order valence-corrected chi connectivity index (χ0v) is 10.9. The van der Waals surface area contributed by atoms with Crippen LogP contribution in [0.25, 0.3) is 0 Å². The van der Waals surface area contributed by atoms with Gasteiger partial charge in [0.15, 0.2) is 0 Å². The summed E-state index contributed by atoms with van der Waals surface area (Å²) in [6.07, 6.45) is 0.940. The number of hydrogen-bond donors (Lipinski definition) is 2. The molecule has 0 heterocycles. The molecule has 0 saturated carbocycles. The second-order valence-corrected chi connectivity index (χ2v) is 4.32. The second-order valence-electron chi connectivity index (χ2n) is 4.32. The van der Waals surface area contributed by atoms with E-state index in [9.17, 15) is 0 Å². The minimum atomic E-state index is -0.172. The van der Waals surface area contributed by atoms with E-state index in [2.05, 4.69) is 25.2 Å². The largest absolute Gasteiger partial charge is 0.488 e. The Morgan fingerprint density at radius 1 is 1.29 bits per heavy atom. The molecule has 3 heteroatoms. The highest BCUT2D eigenvalue weighted by molar-refractivity contribution is 5.35. The molecule has 0 radical (unpaired) electrons. The van der Waals surface area contributed by atoms with Gasteiger partial charge in [0.2, 0.25) is 0 Å². The van der Waals surface area contributed by atoms with Gasteiger partial charge in [-0.25, -0.2) is 0 Å². The minimum Gasteiger partial charge on any atom is -0.488 e. The van der Waals surface area contributed by atoms with Crippen LogP contribution in [0.3, 0.4) is 0 Å². The maximum absolute atomic E-state index is 9.03. The lowest BCUT2D eigenvalue weighted by Gasteiger charge is -2.20. The Hall–Kier alpha value is -1.06. The fourth-order valence-corrected chi connectivity index (χ4v) is 1.67. The van der Waals surface area contributed by atoms with Gasteiger partial charge in [0.05, 0.1) is 6.61 Å². The molecule has 2 N–H and O–H groups in total. The molecule has 2 atom stereocenters. The number of aliphatic hydroxyl groups excluding tert-OH is 1. The van der Waals surface area contributed by atoms with Crippen molar-refractivity contribution in [3.8, 4) is 5.75 Å². The van der Waals surface area contributed by atoms with Gasteiger partial charge in [-0.3, -0.25) is 0 Å². The van der Waals surface area contributed by atoms with Crippen molar-refractivity contribution in [2.75, 3.05) is 13.2 Å². The number of benzene rings is 1. The normalized spacial score (nSPS) is 14.4. The SMILES string of the molecule is CCCNC(C)c1ccccc1OC(C)CO. The monoisotopic (exact) mass is 237 g/mol. The Morgan fingerprint density at radius 3 is 2.65 bits per heavy atom. The van der Waals surface area contributed by atoms with E-state index in [1.165, 1.54) is 0 Å². The summed E-state index contributed by atoms with van der Waals surface area (Å²) in [4.78, 5) is 0. The van der Waals surface area contributed by atoms with Gasteiger partial charge in [0, 0.05) is 11.6 Å². The first-order chi connectivity index (χ1) is 8.19. The number of aliphatic hydroxyl groups is 1. The molecule has 0 bridgehead atoms. The molecular weight excluding hydrogens is 214 g/mol.